The molecule has 30 heavy (non-hydrogen) atoms. The highest BCUT2D eigenvalue weighted by atomic mass is 32.2. The number of nitrogens with zero attached hydrogens (tertiary/aromatic N) is 2. The van der Waals surface area contributed by atoms with E-state index in [1.165, 1.54) is 38.4 Å². The van der Waals surface area contributed by atoms with Crippen LogP contribution < -0.4 is 9.04 Å². The van der Waals surface area contributed by atoms with Gasteiger partial charge in [0.05, 0.1) is 23.3 Å². The topological polar surface area (TPSA) is 93.2 Å². The lowest BCUT2D eigenvalue weighted by molar-refractivity contribution is -0.134. The number of carbonyl (C=O) groups is 2. The second kappa shape index (κ2) is 10.1. The molecule has 2 rings (SSSR count). The zero-order valence-corrected chi connectivity index (χ0v) is 18.3. The minimum atomic E-state index is -3.87. The van der Waals surface area contributed by atoms with Gasteiger partial charge in [0.15, 0.2) is 6.61 Å². The fraction of sp³-hybridized carbons (Fsp3) is 0.333. The molecular weight excluding hydrogens is 408 g/mol. The van der Waals surface area contributed by atoms with Crippen LogP contribution in [0.25, 0.3) is 0 Å². The van der Waals surface area contributed by atoms with E-state index in [0.717, 1.165) is 4.31 Å². The Bertz CT molecular complexity index is 985. The molecule has 0 radical (unpaired) electrons. The Morgan fingerprint density at radius 2 is 1.57 bits per heavy atom. The molecule has 0 N–H and O–H groups in total. The quantitative estimate of drug-likeness (QED) is 0.563. The number of benzene rings is 2. The molecule has 0 saturated carbocycles. The third-order valence-corrected chi connectivity index (χ3v) is 6.40. The van der Waals surface area contributed by atoms with Crippen LogP contribution in [0.5, 0.6) is 5.75 Å². The van der Waals surface area contributed by atoms with Crippen molar-refractivity contribution in [2.75, 3.05) is 38.2 Å². The van der Waals surface area contributed by atoms with E-state index >= 15 is 0 Å². The van der Waals surface area contributed by atoms with Gasteiger partial charge in [-0.2, -0.15) is 0 Å². The standard InChI is InChI=1S/C21H26N2O6S/c1-5-23(6-2)20(24)15-29-21(25)16-11-13-17(14-12-16)30(26,27)22(3)18-9-7-8-10-19(18)28-4/h7-14H,5-6,15H2,1-4H3. The van der Waals surface area contributed by atoms with Crippen molar-refractivity contribution in [3.05, 3.63) is 54.1 Å². The van der Waals surface area contributed by atoms with Gasteiger partial charge in [-0.3, -0.25) is 9.10 Å². The number of esters is 1. The lowest BCUT2D eigenvalue weighted by Gasteiger charge is -2.21. The summed E-state index contributed by atoms with van der Waals surface area (Å²) in [6, 6.07) is 12.1. The van der Waals surface area contributed by atoms with Crippen LogP contribution in [-0.2, 0) is 19.6 Å². The molecule has 8 nitrogen and oxygen atoms in total. The predicted molar refractivity (Wildman–Crippen MR) is 113 cm³/mol. The molecule has 0 aliphatic rings. The predicted octanol–water partition coefficient (Wildman–Crippen LogP) is 2.55. The van der Waals surface area contributed by atoms with E-state index in [2.05, 4.69) is 0 Å². The molecule has 0 aliphatic carbocycles. The summed E-state index contributed by atoms with van der Waals surface area (Å²) in [5.74, 6) is -0.565. The number of hydrogen-bond acceptors (Lipinski definition) is 6. The second-order valence-corrected chi connectivity index (χ2v) is 8.28. The first-order chi connectivity index (χ1) is 14.3. The molecule has 0 aliphatic heterocycles. The van der Waals surface area contributed by atoms with Crippen molar-refractivity contribution in [3.8, 4) is 5.75 Å². The van der Waals surface area contributed by atoms with Gasteiger partial charge in [0, 0.05) is 20.1 Å². The van der Waals surface area contributed by atoms with E-state index in [-0.39, 0.29) is 23.0 Å². The monoisotopic (exact) mass is 434 g/mol. The summed E-state index contributed by atoms with van der Waals surface area (Å²) in [4.78, 5) is 25.7. The van der Waals surface area contributed by atoms with Gasteiger partial charge >= 0.3 is 5.97 Å². The largest absolute Gasteiger partial charge is 0.495 e. The van der Waals surface area contributed by atoms with Crippen LogP contribution in [0.2, 0.25) is 0 Å². The first-order valence-corrected chi connectivity index (χ1v) is 10.9. The summed E-state index contributed by atoms with van der Waals surface area (Å²) in [5.41, 5.74) is 0.541. The van der Waals surface area contributed by atoms with E-state index in [1.54, 1.807) is 29.2 Å². The molecule has 0 unspecified atom stereocenters. The zero-order chi connectivity index (χ0) is 22.3. The van der Waals surface area contributed by atoms with Crippen LogP contribution in [0.3, 0.4) is 0 Å². The number of rotatable bonds is 9. The molecule has 0 fully saturated rings. The molecule has 0 spiro atoms. The molecule has 9 heteroatoms. The smallest absolute Gasteiger partial charge is 0.338 e. The molecule has 0 aromatic heterocycles. The van der Waals surface area contributed by atoms with Crippen LogP contribution in [0.4, 0.5) is 5.69 Å². The average Bonchev–Trinajstić information content (AvgIpc) is 2.77. The molecule has 0 saturated heterocycles. The summed E-state index contributed by atoms with van der Waals surface area (Å²) >= 11 is 0. The van der Waals surface area contributed by atoms with Gasteiger partial charge in [0.25, 0.3) is 15.9 Å². The highest BCUT2D eigenvalue weighted by molar-refractivity contribution is 7.92. The summed E-state index contributed by atoms with van der Waals surface area (Å²) in [7, 11) is -0.983. The Labute approximate surface area is 177 Å². The second-order valence-electron chi connectivity index (χ2n) is 6.31. The minimum Gasteiger partial charge on any atom is -0.495 e. The number of hydrogen-bond donors (Lipinski definition) is 0. The van der Waals surface area contributed by atoms with Crippen molar-refractivity contribution in [2.45, 2.75) is 18.7 Å². The van der Waals surface area contributed by atoms with Crippen LogP contribution in [0.15, 0.2) is 53.4 Å². The summed E-state index contributed by atoms with van der Waals surface area (Å²) < 4.78 is 37.3. The van der Waals surface area contributed by atoms with Crippen LogP contribution >= 0.6 is 0 Å². The molecule has 0 heterocycles. The van der Waals surface area contributed by atoms with Crippen molar-refractivity contribution in [1.29, 1.82) is 0 Å². The first-order valence-electron chi connectivity index (χ1n) is 9.43. The lowest BCUT2D eigenvalue weighted by Crippen LogP contribution is -2.34. The molecule has 0 atom stereocenters. The van der Waals surface area contributed by atoms with Gasteiger partial charge in [0.2, 0.25) is 0 Å². The van der Waals surface area contributed by atoms with Gasteiger partial charge < -0.3 is 14.4 Å². The number of methoxy groups -OCH3 is 1. The van der Waals surface area contributed by atoms with E-state index in [1.807, 2.05) is 13.8 Å². The van der Waals surface area contributed by atoms with Crippen molar-refractivity contribution >= 4 is 27.6 Å². The maximum atomic E-state index is 12.9. The fourth-order valence-corrected chi connectivity index (χ4v) is 4.02. The van der Waals surface area contributed by atoms with E-state index in [9.17, 15) is 18.0 Å². The Hall–Kier alpha value is -3.07. The molecule has 2 aromatic rings. The SMILES string of the molecule is CCN(CC)C(=O)COC(=O)c1ccc(S(=O)(=O)N(C)c2ccccc2OC)cc1. The number of ether oxygens (including phenoxy) is 2. The third-order valence-electron chi connectivity index (χ3n) is 4.62. The molecular formula is C21H26N2O6S. The van der Waals surface area contributed by atoms with Gasteiger partial charge in [-0.1, -0.05) is 12.1 Å². The molecule has 2 aromatic carbocycles. The molecule has 162 valence electrons. The van der Waals surface area contributed by atoms with Crippen LogP contribution in [0.1, 0.15) is 24.2 Å². The third kappa shape index (κ3) is 5.10. The normalized spacial score (nSPS) is 10.9. The summed E-state index contributed by atoms with van der Waals surface area (Å²) in [6.45, 7) is 4.37. The number of amides is 1. The number of sulfonamides is 1. The van der Waals surface area contributed by atoms with E-state index in [4.69, 9.17) is 9.47 Å². The maximum absolute atomic E-state index is 12.9. The van der Waals surface area contributed by atoms with E-state index in [0.29, 0.717) is 24.5 Å². The number of carbonyl (C=O) groups excluding carboxylic acids is 2. The van der Waals surface area contributed by atoms with Crippen molar-refractivity contribution in [2.24, 2.45) is 0 Å². The highest BCUT2D eigenvalue weighted by Crippen LogP contribution is 2.30. The van der Waals surface area contributed by atoms with Crippen molar-refractivity contribution in [3.63, 3.8) is 0 Å². The van der Waals surface area contributed by atoms with Crippen LogP contribution in [0, 0.1) is 0 Å². The zero-order valence-electron chi connectivity index (χ0n) is 17.5. The Kier molecular flexibility index (Phi) is 7.82. The highest BCUT2D eigenvalue weighted by Gasteiger charge is 2.24. The summed E-state index contributed by atoms with van der Waals surface area (Å²) in [5, 5.41) is 0. The molecule has 1 amide bonds. The summed E-state index contributed by atoms with van der Waals surface area (Å²) in [6.07, 6.45) is 0. The van der Waals surface area contributed by atoms with Gasteiger partial charge in [-0.15, -0.1) is 0 Å². The maximum Gasteiger partial charge on any atom is 0.338 e. The Morgan fingerprint density at radius 1 is 0.967 bits per heavy atom. The number of likely N-dealkylation sites (N-methyl/N-ethyl adjacent to an activating group) is 1. The minimum absolute atomic E-state index is 0.00618. The van der Waals surface area contributed by atoms with Gasteiger partial charge in [-0.25, -0.2) is 13.2 Å². The van der Waals surface area contributed by atoms with Gasteiger partial charge in [-0.05, 0) is 50.2 Å². The van der Waals surface area contributed by atoms with Crippen LogP contribution in [-0.4, -0.2) is 59.0 Å². The molecule has 0 bridgehead atoms. The lowest BCUT2D eigenvalue weighted by atomic mass is 10.2. The van der Waals surface area contributed by atoms with Crippen molar-refractivity contribution < 1.29 is 27.5 Å². The Morgan fingerprint density at radius 3 is 2.13 bits per heavy atom. The number of anilines is 1. The first kappa shape index (κ1) is 23.2. The Balaban J connectivity index is 2.14. The number of para-hydroxylation sites is 2. The van der Waals surface area contributed by atoms with E-state index < -0.39 is 16.0 Å². The van der Waals surface area contributed by atoms with Crippen molar-refractivity contribution in [1.82, 2.24) is 4.90 Å². The van der Waals surface area contributed by atoms with Gasteiger partial charge in [0.1, 0.15) is 5.75 Å². The average molecular weight is 435 g/mol. The fourth-order valence-electron chi connectivity index (χ4n) is 2.82.